The highest BCUT2D eigenvalue weighted by molar-refractivity contribution is 5.75. The van der Waals surface area contributed by atoms with Crippen LogP contribution in [0.15, 0.2) is 54.9 Å². The average molecular weight is 344 g/mol. The molecular formula is C23H24N2O. The molecule has 0 N–H and O–H groups in total. The van der Waals surface area contributed by atoms with Crippen LogP contribution in [0.1, 0.15) is 31.5 Å². The Morgan fingerprint density at radius 3 is 2.69 bits per heavy atom. The van der Waals surface area contributed by atoms with Crippen LogP contribution in [0.4, 0.5) is 0 Å². The van der Waals surface area contributed by atoms with Gasteiger partial charge in [-0.15, -0.1) is 0 Å². The van der Waals surface area contributed by atoms with Gasteiger partial charge >= 0.3 is 0 Å². The normalized spacial score (nSPS) is 15.3. The lowest BCUT2D eigenvalue weighted by Crippen LogP contribution is -2.23. The standard InChI is InChI=1S/C23H24N2O/c1-23(2)11-10-16-7-9-20(25-21(16)14-23)17-6-8-19(22(13-17)26-3)18-5-4-12-24-15-18/h4-9,12-13,15H,10-11,14H2,1-3H3. The first-order chi connectivity index (χ1) is 12.6. The molecule has 2 aromatic heterocycles. The summed E-state index contributed by atoms with van der Waals surface area (Å²) < 4.78 is 5.65. The molecule has 4 rings (SSSR count). The third-order valence-electron chi connectivity index (χ3n) is 5.26. The van der Waals surface area contributed by atoms with Crippen LogP contribution in [0.2, 0.25) is 0 Å². The van der Waals surface area contributed by atoms with Crippen molar-refractivity contribution < 1.29 is 4.74 Å². The first kappa shape index (κ1) is 16.8. The summed E-state index contributed by atoms with van der Waals surface area (Å²) in [6.07, 6.45) is 7.04. The predicted molar refractivity (Wildman–Crippen MR) is 105 cm³/mol. The van der Waals surface area contributed by atoms with E-state index in [1.165, 1.54) is 17.7 Å². The topological polar surface area (TPSA) is 35.0 Å². The van der Waals surface area contributed by atoms with E-state index in [1.807, 2.05) is 18.3 Å². The summed E-state index contributed by atoms with van der Waals surface area (Å²) in [5.74, 6) is 0.843. The minimum Gasteiger partial charge on any atom is -0.496 e. The van der Waals surface area contributed by atoms with Gasteiger partial charge in [-0.25, -0.2) is 0 Å². The predicted octanol–water partition coefficient (Wildman–Crippen LogP) is 5.33. The highest BCUT2D eigenvalue weighted by atomic mass is 16.5. The van der Waals surface area contributed by atoms with Crippen molar-refractivity contribution in [3.05, 3.63) is 66.1 Å². The monoisotopic (exact) mass is 344 g/mol. The van der Waals surface area contributed by atoms with Crippen molar-refractivity contribution in [3.63, 3.8) is 0 Å². The first-order valence-corrected chi connectivity index (χ1v) is 9.13. The van der Waals surface area contributed by atoms with Gasteiger partial charge in [0.05, 0.1) is 12.8 Å². The molecule has 0 fully saturated rings. The number of hydrogen-bond donors (Lipinski definition) is 0. The minimum absolute atomic E-state index is 0.334. The van der Waals surface area contributed by atoms with Gasteiger partial charge in [0.1, 0.15) is 5.75 Å². The summed E-state index contributed by atoms with van der Waals surface area (Å²) in [6.45, 7) is 4.66. The van der Waals surface area contributed by atoms with E-state index in [2.05, 4.69) is 49.2 Å². The third kappa shape index (κ3) is 3.22. The van der Waals surface area contributed by atoms with Gasteiger partial charge in [-0.2, -0.15) is 0 Å². The smallest absolute Gasteiger partial charge is 0.127 e. The molecular weight excluding hydrogens is 320 g/mol. The van der Waals surface area contributed by atoms with Gasteiger partial charge in [0, 0.05) is 34.8 Å². The van der Waals surface area contributed by atoms with Crippen LogP contribution < -0.4 is 4.74 Å². The Hall–Kier alpha value is -2.68. The molecule has 1 aromatic carbocycles. The largest absolute Gasteiger partial charge is 0.496 e. The lowest BCUT2D eigenvalue weighted by Gasteiger charge is -2.30. The lowest BCUT2D eigenvalue weighted by molar-refractivity contribution is 0.311. The number of benzene rings is 1. The van der Waals surface area contributed by atoms with E-state index in [9.17, 15) is 0 Å². The Morgan fingerprint density at radius 1 is 1.04 bits per heavy atom. The fourth-order valence-corrected chi connectivity index (χ4v) is 3.70. The Labute approximate surface area is 155 Å². The lowest BCUT2D eigenvalue weighted by atomic mass is 9.76. The maximum absolute atomic E-state index is 5.65. The van der Waals surface area contributed by atoms with E-state index >= 15 is 0 Å². The zero-order valence-corrected chi connectivity index (χ0v) is 15.6. The van der Waals surface area contributed by atoms with E-state index in [0.717, 1.165) is 41.0 Å². The highest BCUT2D eigenvalue weighted by Crippen LogP contribution is 2.36. The number of fused-ring (bicyclic) bond motifs is 1. The molecule has 0 saturated carbocycles. The molecule has 26 heavy (non-hydrogen) atoms. The number of methoxy groups -OCH3 is 1. The van der Waals surface area contributed by atoms with Gasteiger partial charge in [-0.05, 0) is 54.5 Å². The van der Waals surface area contributed by atoms with Crippen molar-refractivity contribution >= 4 is 0 Å². The van der Waals surface area contributed by atoms with Crippen LogP contribution in [0.5, 0.6) is 5.75 Å². The van der Waals surface area contributed by atoms with E-state index in [1.54, 1.807) is 13.3 Å². The molecule has 1 aliphatic rings. The fourth-order valence-electron chi connectivity index (χ4n) is 3.70. The quantitative estimate of drug-likeness (QED) is 0.644. The van der Waals surface area contributed by atoms with Crippen LogP contribution in [-0.4, -0.2) is 17.1 Å². The summed E-state index contributed by atoms with van der Waals surface area (Å²) in [6, 6.07) is 14.7. The van der Waals surface area contributed by atoms with Gasteiger partial charge < -0.3 is 4.74 Å². The summed E-state index contributed by atoms with van der Waals surface area (Å²) >= 11 is 0. The van der Waals surface area contributed by atoms with E-state index < -0.39 is 0 Å². The van der Waals surface area contributed by atoms with Crippen molar-refractivity contribution in [1.82, 2.24) is 9.97 Å². The van der Waals surface area contributed by atoms with Crippen LogP contribution >= 0.6 is 0 Å². The summed E-state index contributed by atoms with van der Waals surface area (Å²) in [7, 11) is 1.71. The molecule has 0 spiro atoms. The first-order valence-electron chi connectivity index (χ1n) is 9.13. The van der Waals surface area contributed by atoms with Crippen LogP contribution in [0.3, 0.4) is 0 Å². The number of aryl methyl sites for hydroxylation is 1. The number of pyridine rings is 2. The Morgan fingerprint density at radius 2 is 1.92 bits per heavy atom. The Balaban J connectivity index is 1.73. The van der Waals surface area contributed by atoms with Gasteiger partial charge in [-0.3, -0.25) is 9.97 Å². The maximum Gasteiger partial charge on any atom is 0.127 e. The molecule has 3 aromatic rings. The second-order valence-electron chi connectivity index (χ2n) is 7.80. The Bertz CT molecular complexity index is 932. The van der Waals surface area contributed by atoms with Gasteiger partial charge in [0.2, 0.25) is 0 Å². The van der Waals surface area contributed by atoms with Crippen LogP contribution in [0.25, 0.3) is 22.4 Å². The van der Waals surface area contributed by atoms with Crippen LogP contribution in [-0.2, 0) is 12.8 Å². The third-order valence-corrected chi connectivity index (χ3v) is 5.26. The minimum atomic E-state index is 0.334. The zero-order valence-electron chi connectivity index (χ0n) is 15.6. The molecule has 2 heterocycles. The molecule has 1 aliphatic carbocycles. The van der Waals surface area contributed by atoms with E-state index in [-0.39, 0.29) is 0 Å². The molecule has 0 saturated heterocycles. The number of nitrogens with zero attached hydrogens (tertiary/aromatic N) is 2. The van der Waals surface area contributed by atoms with Crippen molar-refractivity contribution in [1.29, 1.82) is 0 Å². The van der Waals surface area contributed by atoms with E-state index in [4.69, 9.17) is 9.72 Å². The number of rotatable bonds is 3. The number of aromatic nitrogens is 2. The molecule has 0 radical (unpaired) electrons. The average Bonchev–Trinajstić information content (AvgIpc) is 2.67. The van der Waals surface area contributed by atoms with Crippen molar-refractivity contribution in [2.75, 3.05) is 7.11 Å². The van der Waals surface area contributed by atoms with Gasteiger partial charge in [-0.1, -0.05) is 32.0 Å². The summed E-state index contributed by atoms with van der Waals surface area (Å²) in [4.78, 5) is 9.20. The molecule has 0 amide bonds. The Kier molecular flexibility index (Phi) is 4.23. The molecule has 3 nitrogen and oxygen atoms in total. The van der Waals surface area contributed by atoms with Gasteiger partial charge in [0.15, 0.2) is 0 Å². The molecule has 132 valence electrons. The molecule has 0 unspecified atom stereocenters. The second-order valence-corrected chi connectivity index (χ2v) is 7.80. The van der Waals surface area contributed by atoms with Crippen LogP contribution in [0, 0.1) is 5.41 Å². The molecule has 3 heteroatoms. The molecule has 0 bridgehead atoms. The molecule has 0 aliphatic heterocycles. The maximum atomic E-state index is 5.65. The second kappa shape index (κ2) is 6.56. The van der Waals surface area contributed by atoms with Crippen molar-refractivity contribution in [3.8, 4) is 28.1 Å². The highest BCUT2D eigenvalue weighted by Gasteiger charge is 2.26. The van der Waals surface area contributed by atoms with Crippen molar-refractivity contribution in [2.24, 2.45) is 5.41 Å². The summed E-state index contributed by atoms with van der Waals surface area (Å²) in [5.41, 5.74) is 7.17. The number of hydrogen-bond acceptors (Lipinski definition) is 3. The van der Waals surface area contributed by atoms with E-state index in [0.29, 0.717) is 5.41 Å². The fraction of sp³-hybridized carbons (Fsp3) is 0.304. The SMILES string of the molecule is COc1cc(-c2ccc3c(n2)CC(C)(C)CC3)ccc1-c1cccnc1. The number of ether oxygens (including phenoxy) is 1. The molecule has 0 atom stereocenters. The zero-order chi connectivity index (χ0) is 18.1. The summed E-state index contributed by atoms with van der Waals surface area (Å²) in [5, 5.41) is 0. The van der Waals surface area contributed by atoms with Gasteiger partial charge in [0.25, 0.3) is 0 Å². The van der Waals surface area contributed by atoms with Crippen molar-refractivity contribution in [2.45, 2.75) is 33.1 Å².